The van der Waals surface area contributed by atoms with Gasteiger partial charge in [0, 0.05) is 0 Å². The van der Waals surface area contributed by atoms with Crippen molar-refractivity contribution in [2.45, 2.75) is 6.61 Å². The molecule has 0 atom stereocenters. The zero-order valence-corrected chi connectivity index (χ0v) is 9.18. The summed E-state index contributed by atoms with van der Waals surface area (Å²) in [5, 5.41) is 15.5. The van der Waals surface area contributed by atoms with Gasteiger partial charge < -0.3 is 5.11 Å². The van der Waals surface area contributed by atoms with Gasteiger partial charge >= 0.3 is 0 Å². The van der Waals surface area contributed by atoms with Crippen molar-refractivity contribution in [3.05, 3.63) is 41.5 Å². The van der Waals surface area contributed by atoms with Crippen molar-refractivity contribution in [2.24, 2.45) is 0 Å². The van der Waals surface area contributed by atoms with Crippen LogP contribution >= 0.6 is 11.3 Å². The Kier molecular flexibility index (Phi) is 2.19. The highest BCUT2D eigenvalue weighted by molar-refractivity contribution is 7.13. The third kappa shape index (κ3) is 1.50. The van der Waals surface area contributed by atoms with Crippen molar-refractivity contribution in [1.82, 2.24) is 14.6 Å². The molecule has 0 saturated carbocycles. The van der Waals surface area contributed by atoms with Crippen molar-refractivity contribution in [2.75, 3.05) is 0 Å². The number of aliphatic hydroxyl groups is 1. The summed E-state index contributed by atoms with van der Waals surface area (Å²) in [5.74, 6) is 0. The lowest BCUT2D eigenvalue weighted by atomic mass is 10.3. The first-order valence-electron chi connectivity index (χ1n) is 4.87. The molecule has 5 heteroatoms. The molecule has 0 radical (unpaired) electrons. The minimum atomic E-state index is -0.0578. The van der Waals surface area contributed by atoms with Crippen molar-refractivity contribution in [3.8, 4) is 10.6 Å². The molecule has 3 rings (SSSR count). The molecule has 0 spiro atoms. The van der Waals surface area contributed by atoms with Crippen LogP contribution in [0.3, 0.4) is 0 Å². The molecule has 3 aromatic rings. The van der Waals surface area contributed by atoms with Crippen LogP contribution in [0, 0.1) is 0 Å². The van der Waals surface area contributed by atoms with Crippen LogP contribution in [0.5, 0.6) is 0 Å². The predicted octanol–water partition coefficient (Wildman–Crippen LogP) is 1.95. The molecular weight excluding hydrogens is 222 g/mol. The van der Waals surface area contributed by atoms with E-state index in [9.17, 15) is 0 Å². The molecule has 16 heavy (non-hydrogen) atoms. The summed E-state index contributed by atoms with van der Waals surface area (Å²) in [6, 6.07) is 7.87. The minimum Gasteiger partial charge on any atom is -0.390 e. The van der Waals surface area contributed by atoms with Gasteiger partial charge in [-0.3, -0.25) is 0 Å². The number of imidazole rings is 1. The molecule has 4 nitrogen and oxygen atoms in total. The topological polar surface area (TPSA) is 50.4 Å². The van der Waals surface area contributed by atoms with E-state index < -0.39 is 0 Å². The zero-order valence-electron chi connectivity index (χ0n) is 8.37. The molecule has 0 aliphatic rings. The van der Waals surface area contributed by atoms with Crippen LogP contribution in [0.1, 0.15) is 5.69 Å². The van der Waals surface area contributed by atoms with Crippen LogP contribution in [-0.4, -0.2) is 19.7 Å². The van der Waals surface area contributed by atoms with Crippen molar-refractivity contribution in [3.63, 3.8) is 0 Å². The van der Waals surface area contributed by atoms with Crippen LogP contribution < -0.4 is 0 Å². The first kappa shape index (κ1) is 9.50. The lowest BCUT2D eigenvalue weighted by Gasteiger charge is -1.96. The van der Waals surface area contributed by atoms with Gasteiger partial charge in [0.1, 0.15) is 5.69 Å². The molecule has 1 N–H and O–H groups in total. The van der Waals surface area contributed by atoms with Gasteiger partial charge in [-0.05, 0) is 23.6 Å². The summed E-state index contributed by atoms with van der Waals surface area (Å²) in [7, 11) is 0. The highest BCUT2D eigenvalue weighted by atomic mass is 32.1. The number of aromatic nitrogens is 3. The molecule has 0 saturated heterocycles. The quantitative estimate of drug-likeness (QED) is 0.733. The van der Waals surface area contributed by atoms with Gasteiger partial charge in [-0.25, -0.2) is 9.50 Å². The van der Waals surface area contributed by atoms with E-state index in [0.717, 1.165) is 16.2 Å². The second kappa shape index (κ2) is 3.70. The largest absolute Gasteiger partial charge is 0.390 e. The molecule has 0 aliphatic heterocycles. The van der Waals surface area contributed by atoms with Gasteiger partial charge in [-0.2, -0.15) is 5.10 Å². The van der Waals surface area contributed by atoms with E-state index in [-0.39, 0.29) is 6.61 Å². The molecule has 80 valence electrons. The number of nitrogens with zero attached hydrogens (tertiary/aromatic N) is 3. The normalized spacial score (nSPS) is 11.1. The maximum absolute atomic E-state index is 8.99. The van der Waals surface area contributed by atoms with E-state index in [1.54, 1.807) is 22.0 Å². The third-order valence-electron chi connectivity index (χ3n) is 2.31. The number of aliphatic hydroxyl groups excluding tert-OH is 1. The van der Waals surface area contributed by atoms with E-state index in [1.807, 2.05) is 29.6 Å². The first-order valence-corrected chi connectivity index (χ1v) is 5.75. The Morgan fingerprint density at radius 2 is 2.25 bits per heavy atom. The minimum absolute atomic E-state index is 0.0578. The number of fused-ring (bicyclic) bond motifs is 1. The Balaban J connectivity index is 2.15. The van der Waals surface area contributed by atoms with Crippen LogP contribution in [0.4, 0.5) is 0 Å². The third-order valence-corrected chi connectivity index (χ3v) is 3.20. The molecule has 0 aliphatic carbocycles. The van der Waals surface area contributed by atoms with Crippen molar-refractivity contribution >= 4 is 17.0 Å². The van der Waals surface area contributed by atoms with Gasteiger partial charge in [-0.15, -0.1) is 11.3 Å². The number of thiophene rings is 1. The number of hydrogen-bond acceptors (Lipinski definition) is 4. The monoisotopic (exact) mass is 231 g/mol. The summed E-state index contributed by atoms with van der Waals surface area (Å²) < 4.78 is 1.70. The highest BCUT2D eigenvalue weighted by Crippen LogP contribution is 2.22. The SMILES string of the molecule is OCc1cn2nc(-c3cccs3)ccc2n1. The summed E-state index contributed by atoms with van der Waals surface area (Å²) in [4.78, 5) is 5.33. The van der Waals surface area contributed by atoms with Gasteiger partial charge in [0.2, 0.25) is 0 Å². The number of hydrogen-bond donors (Lipinski definition) is 1. The lowest BCUT2D eigenvalue weighted by molar-refractivity contribution is 0.277. The van der Waals surface area contributed by atoms with Gasteiger partial charge in [0.05, 0.1) is 23.4 Å². The molecule has 0 amide bonds. The lowest BCUT2D eigenvalue weighted by Crippen LogP contribution is -1.91. The molecule has 0 unspecified atom stereocenters. The van der Waals surface area contributed by atoms with Gasteiger partial charge in [0.25, 0.3) is 0 Å². The van der Waals surface area contributed by atoms with Gasteiger partial charge in [-0.1, -0.05) is 6.07 Å². The summed E-state index contributed by atoms with van der Waals surface area (Å²) in [5.41, 5.74) is 2.31. The standard InChI is InChI=1S/C11H9N3OS/c15-7-8-6-14-11(12-8)4-3-9(13-14)10-2-1-5-16-10/h1-6,15H,7H2. The Morgan fingerprint density at radius 3 is 3.00 bits per heavy atom. The van der Waals surface area contributed by atoms with E-state index in [2.05, 4.69) is 10.1 Å². The molecule has 3 heterocycles. The highest BCUT2D eigenvalue weighted by Gasteiger charge is 2.04. The van der Waals surface area contributed by atoms with Gasteiger partial charge in [0.15, 0.2) is 5.65 Å². The van der Waals surface area contributed by atoms with Crippen molar-refractivity contribution in [1.29, 1.82) is 0 Å². The predicted molar refractivity (Wildman–Crippen MR) is 62.2 cm³/mol. The zero-order chi connectivity index (χ0) is 11.0. The smallest absolute Gasteiger partial charge is 0.153 e. The first-order chi connectivity index (χ1) is 7.86. The maximum Gasteiger partial charge on any atom is 0.153 e. The Hall–Kier alpha value is -1.72. The second-order valence-electron chi connectivity index (χ2n) is 3.39. The molecule has 3 aromatic heterocycles. The van der Waals surface area contributed by atoms with E-state index in [1.165, 1.54) is 0 Å². The Labute approximate surface area is 95.8 Å². The van der Waals surface area contributed by atoms with Crippen LogP contribution in [0.2, 0.25) is 0 Å². The fourth-order valence-corrected chi connectivity index (χ4v) is 2.25. The fraction of sp³-hybridized carbons (Fsp3) is 0.0909. The van der Waals surface area contributed by atoms with Crippen LogP contribution in [0.15, 0.2) is 35.8 Å². The van der Waals surface area contributed by atoms with Crippen LogP contribution in [0.25, 0.3) is 16.2 Å². The fourth-order valence-electron chi connectivity index (χ4n) is 1.56. The second-order valence-corrected chi connectivity index (χ2v) is 4.34. The Morgan fingerprint density at radius 1 is 1.31 bits per heavy atom. The Bertz CT molecular complexity index is 615. The van der Waals surface area contributed by atoms with E-state index in [4.69, 9.17) is 5.11 Å². The maximum atomic E-state index is 8.99. The van der Waals surface area contributed by atoms with Crippen LogP contribution in [-0.2, 0) is 6.61 Å². The molecule has 0 fully saturated rings. The number of rotatable bonds is 2. The molecular formula is C11H9N3OS. The van der Waals surface area contributed by atoms with E-state index in [0.29, 0.717) is 5.69 Å². The molecule has 0 aromatic carbocycles. The average molecular weight is 231 g/mol. The summed E-state index contributed by atoms with van der Waals surface area (Å²) in [6.45, 7) is -0.0578. The van der Waals surface area contributed by atoms with Crippen molar-refractivity contribution < 1.29 is 5.11 Å². The summed E-state index contributed by atoms with van der Waals surface area (Å²) in [6.07, 6.45) is 1.74. The average Bonchev–Trinajstić information content (AvgIpc) is 2.96. The molecule has 0 bridgehead atoms. The van der Waals surface area contributed by atoms with E-state index >= 15 is 0 Å². The summed E-state index contributed by atoms with van der Waals surface area (Å²) >= 11 is 1.65.